The number of rotatable bonds is 2. The maximum absolute atomic E-state index is 6.79. The summed E-state index contributed by atoms with van der Waals surface area (Å²) in [5.41, 5.74) is 25.8. The Morgan fingerprint density at radius 1 is 0.316 bits per heavy atom. The van der Waals surface area contributed by atoms with Crippen LogP contribution in [0.3, 0.4) is 0 Å². The molecule has 6 heteroatoms. The van der Waals surface area contributed by atoms with E-state index in [-0.39, 0.29) is 29.1 Å². The van der Waals surface area contributed by atoms with Crippen molar-refractivity contribution in [2.45, 2.75) is 84.5 Å². The molecule has 0 bridgehead atoms. The first-order chi connectivity index (χ1) is 37.5. The number of nitrogens with zero attached hydrogens (tertiary/aromatic N) is 2. The standard InChI is InChI=1S/C42H33NO.C30H23Br2NO.CH4/c1-41(2)32-23-28(26-13-7-5-8-14-26)19-21-35(32)43-36-22-20-29(27-15-9-6-10-16-27)24-33(36)42(3,4)38-39(43)34(41)25-31-30-17-11-12-18-37(30)44-40(31)38;1-29(2)20-13-16(31)9-11-23(20)33-24-12-10-17(32)14-21(24)30(3,4)26-27(33)22(29)15-19-18-7-5-6-8-25(18)34-28(19)26;/h5-25H,1-4H3;5-15H,1-4H3;1H4. The molecule has 0 N–H and O–H groups in total. The smallest absolute Gasteiger partial charge is 0.141 e. The summed E-state index contributed by atoms with van der Waals surface area (Å²) in [5.74, 6) is 0. The fourth-order valence-electron chi connectivity index (χ4n) is 14.1. The molecule has 0 saturated heterocycles. The first-order valence-corrected chi connectivity index (χ1v) is 28.7. The first kappa shape index (κ1) is 49.6. The molecule has 388 valence electrons. The SMILES string of the molecule is C.CC1(C)c2cc(-c3ccccc3)ccc2N2c3ccc(-c4ccccc4)cc3C(C)(C)c3c2c1cc1c3oc2ccccc21.CC1(C)c2cc(Br)ccc2N2c3ccc(Br)cc3C(C)(C)c3c2c1cc1c3oc2ccccc21. The summed E-state index contributed by atoms with van der Waals surface area (Å²) in [4.78, 5) is 5.00. The summed E-state index contributed by atoms with van der Waals surface area (Å²) in [7, 11) is 0. The van der Waals surface area contributed by atoms with Crippen LogP contribution in [0.5, 0.6) is 0 Å². The lowest BCUT2D eigenvalue weighted by molar-refractivity contribution is 0.582. The molecular formula is C73H60Br2N2O2. The maximum Gasteiger partial charge on any atom is 0.141 e. The fraction of sp³-hybridized carbons (Fsp3) is 0.178. The minimum Gasteiger partial charge on any atom is -0.456 e. The van der Waals surface area contributed by atoms with Gasteiger partial charge in [0.1, 0.15) is 22.3 Å². The third-order valence-corrected chi connectivity index (χ3v) is 19.1. The molecule has 0 amide bonds. The van der Waals surface area contributed by atoms with Gasteiger partial charge in [0.2, 0.25) is 0 Å². The van der Waals surface area contributed by atoms with E-state index < -0.39 is 0 Å². The van der Waals surface area contributed by atoms with Gasteiger partial charge in [0.15, 0.2) is 0 Å². The minimum absolute atomic E-state index is 0. The van der Waals surface area contributed by atoms with Gasteiger partial charge in [-0.05, 0) is 141 Å². The number of benzene rings is 10. The van der Waals surface area contributed by atoms with Crippen LogP contribution in [0.4, 0.5) is 34.1 Å². The molecule has 0 unspecified atom stereocenters. The highest BCUT2D eigenvalue weighted by Gasteiger charge is 2.50. The van der Waals surface area contributed by atoms with Crippen molar-refractivity contribution in [3.05, 3.63) is 248 Å². The number of hydrogen-bond acceptors (Lipinski definition) is 4. The van der Waals surface area contributed by atoms with E-state index in [1.54, 1.807) is 0 Å². The van der Waals surface area contributed by atoms with Crippen molar-refractivity contribution in [2.24, 2.45) is 0 Å². The molecule has 2 aromatic heterocycles. The van der Waals surface area contributed by atoms with Crippen molar-refractivity contribution < 1.29 is 8.83 Å². The third kappa shape index (κ3) is 6.90. The van der Waals surface area contributed by atoms with E-state index in [4.69, 9.17) is 8.83 Å². The van der Waals surface area contributed by atoms with Gasteiger partial charge in [-0.25, -0.2) is 0 Å². The van der Waals surface area contributed by atoms with Gasteiger partial charge in [-0.3, -0.25) is 0 Å². The van der Waals surface area contributed by atoms with Crippen molar-refractivity contribution in [1.29, 1.82) is 0 Å². The zero-order chi connectivity index (χ0) is 53.4. The highest BCUT2D eigenvalue weighted by Crippen LogP contribution is 2.65. The predicted molar refractivity (Wildman–Crippen MR) is 338 cm³/mol. The van der Waals surface area contributed by atoms with Crippen molar-refractivity contribution in [3.63, 3.8) is 0 Å². The van der Waals surface area contributed by atoms with Crippen LogP contribution >= 0.6 is 31.9 Å². The summed E-state index contributed by atoms with van der Waals surface area (Å²) in [5, 5.41) is 4.74. The second-order valence-electron chi connectivity index (χ2n) is 23.9. The summed E-state index contributed by atoms with van der Waals surface area (Å²) in [6.07, 6.45) is 0. The van der Waals surface area contributed by atoms with Crippen LogP contribution in [0.25, 0.3) is 66.1 Å². The van der Waals surface area contributed by atoms with E-state index in [2.05, 4.69) is 291 Å². The molecule has 6 heterocycles. The van der Waals surface area contributed by atoms with E-state index in [1.807, 2.05) is 0 Å². The monoisotopic (exact) mass is 1150 g/mol. The Morgan fingerprint density at radius 3 is 1.08 bits per heavy atom. The number of hydrogen-bond donors (Lipinski definition) is 0. The molecule has 0 saturated carbocycles. The Labute approximate surface area is 479 Å². The Kier molecular flexibility index (Phi) is 10.8. The average Bonchev–Trinajstić information content (AvgIpc) is 2.99. The quantitative estimate of drug-likeness (QED) is 0.173. The van der Waals surface area contributed by atoms with E-state index in [9.17, 15) is 0 Å². The lowest BCUT2D eigenvalue weighted by Gasteiger charge is -2.49. The van der Waals surface area contributed by atoms with E-state index in [0.29, 0.717) is 0 Å². The minimum atomic E-state index is -0.300. The normalized spacial score (nSPS) is 16.0. The van der Waals surface area contributed by atoms with E-state index >= 15 is 0 Å². The third-order valence-electron chi connectivity index (χ3n) is 18.1. The van der Waals surface area contributed by atoms with Gasteiger partial charge in [-0.2, -0.15) is 0 Å². The largest absolute Gasteiger partial charge is 0.456 e. The molecule has 12 aromatic rings. The molecule has 4 aliphatic heterocycles. The summed E-state index contributed by atoms with van der Waals surface area (Å²) in [6.45, 7) is 18.9. The van der Waals surface area contributed by atoms with E-state index in [0.717, 1.165) is 31.3 Å². The average molecular weight is 1160 g/mol. The Hall–Kier alpha value is -7.64. The zero-order valence-corrected chi connectivity index (χ0v) is 48.1. The van der Waals surface area contributed by atoms with Crippen LogP contribution in [0.15, 0.2) is 212 Å². The number of para-hydroxylation sites is 2. The first-order valence-electron chi connectivity index (χ1n) is 27.1. The molecule has 4 nitrogen and oxygen atoms in total. The van der Waals surface area contributed by atoms with Crippen LogP contribution in [0.1, 0.15) is 107 Å². The lowest BCUT2D eigenvalue weighted by Crippen LogP contribution is -2.38. The van der Waals surface area contributed by atoms with Gasteiger partial charge in [-0.1, -0.05) is 204 Å². The molecular weight excluding hydrogens is 1100 g/mol. The summed E-state index contributed by atoms with van der Waals surface area (Å²) in [6, 6.07) is 70.6. The Morgan fingerprint density at radius 2 is 0.658 bits per heavy atom. The summed E-state index contributed by atoms with van der Waals surface area (Å²) < 4.78 is 15.6. The molecule has 0 fully saturated rings. The molecule has 0 radical (unpaired) electrons. The Balaban J connectivity index is 0.000000146. The number of anilines is 6. The number of halogens is 2. The maximum atomic E-state index is 6.79. The van der Waals surface area contributed by atoms with Crippen molar-refractivity contribution in [3.8, 4) is 22.3 Å². The lowest BCUT2D eigenvalue weighted by atomic mass is 9.65. The highest BCUT2D eigenvalue weighted by molar-refractivity contribution is 9.10. The van der Waals surface area contributed by atoms with Crippen molar-refractivity contribution in [2.75, 3.05) is 9.80 Å². The molecule has 0 spiro atoms. The van der Waals surface area contributed by atoms with Gasteiger partial charge >= 0.3 is 0 Å². The molecule has 16 rings (SSSR count). The highest BCUT2D eigenvalue weighted by atomic mass is 79.9. The zero-order valence-electron chi connectivity index (χ0n) is 44.9. The van der Waals surface area contributed by atoms with Gasteiger partial charge in [0.05, 0.1) is 34.1 Å². The molecule has 0 atom stereocenters. The molecule has 79 heavy (non-hydrogen) atoms. The second-order valence-corrected chi connectivity index (χ2v) is 25.8. The van der Waals surface area contributed by atoms with Crippen LogP contribution in [-0.4, -0.2) is 0 Å². The fourth-order valence-corrected chi connectivity index (χ4v) is 14.8. The topological polar surface area (TPSA) is 32.8 Å². The molecule has 10 aromatic carbocycles. The van der Waals surface area contributed by atoms with Gasteiger partial charge in [-0.15, -0.1) is 0 Å². The number of fused-ring (bicyclic) bond motifs is 16. The van der Waals surface area contributed by atoms with Crippen molar-refractivity contribution >= 4 is 110 Å². The van der Waals surface area contributed by atoms with Crippen LogP contribution in [0.2, 0.25) is 0 Å². The predicted octanol–water partition coefficient (Wildman–Crippen LogP) is 22.2. The summed E-state index contributed by atoms with van der Waals surface area (Å²) >= 11 is 7.48. The van der Waals surface area contributed by atoms with E-state index in [1.165, 1.54) is 122 Å². The van der Waals surface area contributed by atoms with Gasteiger partial charge in [0.25, 0.3) is 0 Å². The molecule has 0 aliphatic carbocycles. The van der Waals surface area contributed by atoms with Crippen molar-refractivity contribution in [1.82, 2.24) is 0 Å². The second kappa shape index (κ2) is 17.2. The van der Waals surface area contributed by atoms with Crippen LogP contribution in [-0.2, 0) is 21.7 Å². The molecule has 4 aliphatic rings. The van der Waals surface area contributed by atoms with Crippen LogP contribution in [0, 0.1) is 0 Å². The van der Waals surface area contributed by atoms with Gasteiger partial charge < -0.3 is 18.6 Å². The Bertz CT molecular complexity index is 4520. The van der Waals surface area contributed by atoms with Gasteiger partial charge in [0, 0.05) is 63.3 Å². The van der Waals surface area contributed by atoms with Crippen LogP contribution < -0.4 is 9.80 Å². The number of furan rings is 2.